The van der Waals surface area contributed by atoms with Gasteiger partial charge in [-0.3, -0.25) is 9.59 Å². The van der Waals surface area contributed by atoms with Gasteiger partial charge in [-0.05, 0) is 38.6 Å². The first-order chi connectivity index (χ1) is 9.00. The lowest BCUT2D eigenvalue weighted by Gasteiger charge is -2.22. The summed E-state index contributed by atoms with van der Waals surface area (Å²) in [5.74, 6) is -1.52. The smallest absolute Gasteiger partial charge is 0.324 e. The van der Waals surface area contributed by atoms with Gasteiger partial charge in [0.1, 0.15) is 5.54 Å². The average molecular weight is 270 g/mol. The van der Waals surface area contributed by atoms with Crippen LogP contribution < -0.4 is 10.6 Å². The zero-order chi connectivity index (χ0) is 14.3. The van der Waals surface area contributed by atoms with Crippen molar-refractivity contribution in [1.82, 2.24) is 10.6 Å². The van der Waals surface area contributed by atoms with Gasteiger partial charge < -0.3 is 20.8 Å². The highest BCUT2D eigenvalue weighted by Crippen LogP contribution is 2.23. The van der Waals surface area contributed by atoms with Crippen LogP contribution in [0.1, 0.15) is 32.1 Å². The van der Waals surface area contributed by atoms with Crippen LogP contribution in [0.3, 0.4) is 0 Å². The van der Waals surface area contributed by atoms with Crippen LogP contribution in [0.5, 0.6) is 0 Å². The van der Waals surface area contributed by atoms with Crippen LogP contribution in [-0.4, -0.2) is 46.8 Å². The highest BCUT2D eigenvalue weighted by atomic mass is 16.4. The molecule has 2 aliphatic rings. The number of carboxylic acid groups (broad SMARTS) is 2. The van der Waals surface area contributed by atoms with Crippen LogP contribution in [0, 0.1) is 0 Å². The third kappa shape index (κ3) is 5.40. The van der Waals surface area contributed by atoms with Crippen LogP contribution in [0.2, 0.25) is 0 Å². The number of nitrogens with one attached hydrogen (secondary N) is 2. The molecule has 108 valence electrons. The molecule has 0 aromatic rings. The first kappa shape index (κ1) is 15.7. The molecule has 6 nitrogen and oxygen atoms in total. The number of hydrogen-bond acceptors (Lipinski definition) is 4. The Labute approximate surface area is 112 Å². The molecule has 0 unspecified atom stereocenters. The van der Waals surface area contributed by atoms with Crippen molar-refractivity contribution in [3.05, 3.63) is 12.7 Å². The van der Waals surface area contributed by atoms with Crippen molar-refractivity contribution in [3.63, 3.8) is 0 Å². The van der Waals surface area contributed by atoms with Gasteiger partial charge in [-0.1, -0.05) is 6.08 Å². The van der Waals surface area contributed by atoms with Crippen molar-refractivity contribution in [2.75, 3.05) is 13.1 Å². The molecule has 0 aromatic carbocycles. The van der Waals surface area contributed by atoms with E-state index in [1.54, 1.807) is 6.08 Å². The Kier molecular flexibility index (Phi) is 5.98. The van der Waals surface area contributed by atoms with E-state index >= 15 is 0 Å². The first-order valence-electron chi connectivity index (χ1n) is 6.54. The maximum atomic E-state index is 10.8. The molecular weight excluding hydrogens is 248 g/mol. The summed E-state index contributed by atoms with van der Waals surface area (Å²) in [4.78, 5) is 20.7. The number of rotatable bonds is 6. The molecule has 4 N–H and O–H groups in total. The largest absolute Gasteiger partial charge is 0.480 e. The fourth-order valence-corrected chi connectivity index (χ4v) is 2.02. The van der Waals surface area contributed by atoms with Crippen molar-refractivity contribution in [2.24, 2.45) is 0 Å². The zero-order valence-corrected chi connectivity index (χ0v) is 11.0. The summed E-state index contributed by atoms with van der Waals surface area (Å²) in [6.45, 7) is 4.47. The van der Waals surface area contributed by atoms with Crippen LogP contribution in [0.15, 0.2) is 12.7 Å². The van der Waals surface area contributed by atoms with E-state index in [-0.39, 0.29) is 6.54 Å². The summed E-state index contributed by atoms with van der Waals surface area (Å²) in [6.07, 6.45) is 6.13. The van der Waals surface area contributed by atoms with Gasteiger partial charge in [0.15, 0.2) is 0 Å². The van der Waals surface area contributed by atoms with E-state index < -0.39 is 17.5 Å². The topological polar surface area (TPSA) is 98.7 Å². The van der Waals surface area contributed by atoms with Crippen LogP contribution in [0.4, 0.5) is 0 Å². The number of carbonyl (C=O) groups is 2. The molecule has 0 spiro atoms. The van der Waals surface area contributed by atoms with Gasteiger partial charge >= 0.3 is 11.9 Å². The molecule has 1 aliphatic heterocycles. The maximum Gasteiger partial charge on any atom is 0.324 e. The molecule has 6 heteroatoms. The van der Waals surface area contributed by atoms with E-state index in [0.29, 0.717) is 18.9 Å². The van der Waals surface area contributed by atoms with Gasteiger partial charge in [0.05, 0.1) is 6.54 Å². The van der Waals surface area contributed by atoms with Gasteiger partial charge in [-0.25, -0.2) is 0 Å². The lowest BCUT2D eigenvalue weighted by Crippen LogP contribution is -2.46. The Morgan fingerprint density at radius 1 is 1.42 bits per heavy atom. The summed E-state index contributed by atoms with van der Waals surface area (Å²) in [5.41, 5.74) is -0.707. The molecule has 1 atom stereocenters. The molecule has 0 bridgehead atoms. The third-order valence-corrected chi connectivity index (χ3v) is 3.27. The van der Waals surface area contributed by atoms with Crippen molar-refractivity contribution >= 4 is 11.9 Å². The Morgan fingerprint density at radius 2 is 2.11 bits per heavy atom. The second-order valence-corrected chi connectivity index (χ2v) is 4.96. The second kappa shape index (κ2) is 7.25. The number of carboxylic acids is 2. The maximum absolute atomic E-state index is 10.8. The molecule has 0 amide bonds. The van der Waals surface area contributed by atoms with Crippen molar-refractivity contribution in [2.45, 2.75) is 43.7 Å². The molecule has 1 heterocycles. The molecule has 1 aliphatic carbocycles. The molecule has 2 rings (SSSR count). The van der Waals surface area contributed by atoms with Crippen LogP contribution in [0.25, 0.3) is 0 Å². The Hall–Kier alpha value is -1.40. The highest BCUT2D eigenvalue weighted by molar-refractivity contribution is 5.79. The Balaban J connectivity index is 0.000000200. The lowest BCUT2D eigenvalue weighted by atomic mass is 9.94. The molecule has 1 saturated heterocycles. The van der Waals surface area contributed by atoms with Crippen molar-refractivity contribution in [3.8, 4) is 0 Å². The van der Waals surface area contributed by atoms with E-state index in [2.05, 4.69) is 17.2 Å². The molecule has 0 radical (unpaired) electrons. The minimum absolute atomic E-state index is 0.116. The molecule has 19 heavy (non-hydrogen) atoms. The van der Waals surface area contributed by atoms with Crippen LogP contribution in [-0.2, 0) is 9.59 Å². The van der Waals surface area contributed by atoms with Gasteiger partial charge in [0.25, 0.3) is 0 Å². The van der Waals surface area contributed by atoms with E-state index in [1.165, 1.54) is 0 Å². The van der Waals surface area contributed by atoms with E-state index in [0.717, 1.165) is 25.8 Å². The highest BCUT2D eigenvalue weighted by Gasteiger charge is 2.39. The number of hydrogen-bond donors (Lipinski definition) is 4. The summed E-state index contributed by atoms with van der Waals surface area (Å²) in [6, 6.07) is 0.506. The third-order valence-electron chi connectivity index (χ3n) is 3.27. The predicted octanol–water partition coefficient (Wildman–Crippen LogP) is 0.592. The molecule has 0 aromatic heterocycles. The fourth-order valence-electron chi connectivity index (χ4n) is 2.02. The molecule has 2 fully saturated rings. The SMILES string of the molecule is C=CC[C@@]1(C(=O)O)CCCN1.O=C(O)CNC1CC1. The second-order valence-electron chi connectivity index (χ2n) is 4.96. The summed E-state index contributed by atoms with van der Waals surface area (Å²) >= 11 is 0. The number of aliphatic carboxylic acids is 2. The van der Waals surface area contributed by atoms with Crippen molar-refractivity contribution in [1.29, 1.82) is 0 Å². The monoisotopic (exact) mass is 270 g/mol. The summed E-state index contributed by atoms with van der Waals surface area (Å²) in [5, 5.41) is 22.9. The molecule has 1 saturated carbocycles. The summed E-state index contributed by atoms with van der Waals surface area (Å²) < 4.78 is 0. The predicted molar refractivity (Wildman–Crippen MR) is 71.1 cm³/mol. The molecular formula is C13H22N2O4. The van der Waals surface area contributed by atoms with E-state index in [4.69, 9.17) is 10.2 Å². The zero-order valence-electron chi connectivity index (χ0n) is 11.0. The van der Waals surface area contributed by atoms with Gasteiger partial charge in [-0.15, -0.1) is 6.58 Å². The van der Waals surface area contributed by atoms with E-state index in [1.807, 2.05) is 0 Å². The van der Waals surface area contributed by atoms with E-state index in [9.17, 15) is 9.59 Å². The Bertz CT molecular complexity index is 334. The van der Waals surface area contributed by atoms with Gasteiger partial charge in [-0.2, -0.15) is 0 Å². The van der Waals surface area contributed by atoms with Gasteiger partial charge in [0.2, 0.25) is 0 Å². The lowest BCUT2D eigenvalue weighted by molar-refractivity contribution is -0.144. The standard InChI is InChI=1S/C8H13NO2.C5H9NO2/c1-2-4-8(7(10)11)5-3-6-9-8;7-5(8)3-6-4-1-2-4/h2,9H,1,3-6H2,(H,10,11);4,6H,1-3H2,(H,7,8)/t8-;/m0./s1. The van der Waals surface area contributed by atoms with Crippen molar-refractivity contribution < 1.29 is 19.8 Å². The Morgan fingerprint density at radius 3 is 2.47 bits per heavy atom. The quantitative estimate of drug-likeness (QED) is 0.527. The summed E-state index contributed by atoms with van der Waals surface area (Å²) in [7, 11) is 0. The average Bonchev–Trinajstić information content (AvgIpc) is 3.06. The van der Waals surface area contributed by atoms with Crippen LogP contribution >= 0.6 is 0 Å². The fraction of sp³-hybridized carbons (Fsp3) is 0.692. The first-order valence-corrected chi connectivity index (χ1v) is 6.54. The minimum Gasteiger partial charge on any atom is -0.480 e. The minimum atomic E-state index is -0.767. The van der Waals surface area contributed by atoms with Gasteiger partial charge in [0, 0.05) is 6.04 Å². The normalized spacial score (nSPS) is 25.3.